The number of carbonyl (C=O) groups excluding carboxylic acids is 1. The number of hydrogen-bond donors (Lipinski definition) is 0. The van der Waals surface area contributed by atoms with Gasteiger partial charge in [-0.25, -0.2) is 9.07 Å². The van der Waals surface area contributed by atoms with E-state index in [9.17, 15) is 22.4 Å². The summed E-state index contributed by atoms with van der Waals surface area (Å²) in [4.78, 5) is 14.0. The van der Waals surface area contributed by atoms with Gasteiger partial charge in [-0.05, 0) is 26.0 Å². The van der Waals surface area contributed by atoms with Crippen molar-refractivity contribution in [1.29, 1.82) is 0 Å². The summed E-state index contributed by atoms with van der Waals surface area (Å²) in [6, 6.07) is 4.96. The number of amides is 1. The molecule has 0 N–H and O–H groups in total. The van der Waals surface area contributed by atoms with E-state index in [4.69, 9.17) is 4.74 Å². The minimum absolute atomic E-state index is 0.172. The van der Waals surface area contributed by atoms with Crippen molar-refractivity contribution >= 4 is 5.91 Å². The van der Waals surface area contributed by atoms with Gasteiger partial charge >= 0.3 is 6.18 Å². The fraction of sp³-hybridized carbons (Fsp3) is 0.412. The van der Waals surface area contributed by atoms with Crippen LogP contribution in [0.5, 0.6) is 0 Å². The maximum Gasteiger partial charge on any atom is 0.434 e. The van der Waals surface area contributed by atoms with Crippen LogP contribution in [-0.4, -0.2) is 45.9 Å². The number of para-hydroxylation sites is 1. The number of nitrogens with zero attached hydrogens (tertiary/aromatic N) is 3. The third-order valence-corrected chi connectivity index (χ3v) is 4.06. The van der Waals surface area contributed by atoms with Gasteiger partial charge in [-0.2, -0.15) is 18.3 Å². The van der Waals surface area contributed by atoms with Gasteiger partial charge in [0, 0.05) is 13.1 Å². The smallest absolute Gasteiger partial charge is 0.372 e. The quantitative estimate of drug-likeness (QED) is 0.762. The molecule has 2 atom stereocenters. The lowest BCUT2D eigenvalue weighted by Gasteiger charge is -2.35. The molecule has 1 aliphatic rings. The highest BCUT2D eigenvalue weighted by Crippen LogP contribution is 2.35. The minimum Gasteiger partial charge on any atom is -0.372 e. The summed E-state index contributed by atoms with van der Waals surface area (Å²) in [6.45, 7) is 3.82. The average molecular weight is 371 g/mol. The molecule has 3 rings (SSSR count). The molecule has 1 fully saturated rings. The summed E-state index contributed by atoms with van der Waals surface area (Å²) in [5.74, 6) is -1.67. The van der Waals surface area contributed by atoms with Crippen LogP contribution in [0.2, 0.25) is 0 Å². The van der Waals surface area contributed by atoms with E-state index in [0.29, 0.717) is 4.68 Å². The van der Waals surface area contributed by atoms with E-state index in [1.807, 2.05) is 0 Å². The van der Waals surface area contributed by atoms with E-state index in [-0.39, 0.29) is 31.0 Å². The van der Waals surface area contributed by atoms with Crippen LogP contribution in [0.15, 0.2) is 30.5 Å². The molecule has 1 amide bonds. The normalized spacial score (nSPS) is 21.1. The number of morpholine rings is 1. The SMILES string of the molecule is C[C@H]1CN(C(=O)c2cnn(-c3ccccc3F)c2C(F)(F)F)C[C@H](C)O1. The van der Waals surface area contributed by atoms with Crippen LogP contribution in [0.25, 0.3) is 5.69 Å². The van der Waals surface area contributed by atoms with Crippen LogP contribution in [0.3, 0.4) is 0 Å². The van der Waals surface area contributed by atoms with E-state index >= 15 is 0 Å². The van der Waals surface area contributed by atoms with Gasteiger partial charge in [0.25, 0.3) is 5.91 Å². The predicted octanol–water partition coefficient (Wildman–Crippen LogP) is 3.28. The molecule has 0 bridgehead atoms. The first-order valence-corrected chi connectivity index (χ1v) is 8.03. The maximum absolute atomic E-state index is 14.0. The van der Waals surface area contributed by atoms with Gasteiger partial charge in [-0.3, -0.25) is 4.79 Å². The molecule has 26 heavy (non-hydrogen) atoms. The van der Waals surface area contributed by atoms with E-state index < -0.39 is 29.2 Å². The Hall–Kier alpha value is -2.42. The fourth-order valence-corrected chi connectivity index (χ4v) is 3.10. The van der Waals surface area contributed by atoms with Gasteiger partial charge in [-0.15, -0.1) is 0 Å². The Morgan fingerprint density at radius 1 is 1.19 bits per heavy atom. The van der Waals surface area contributed by atoms with Crippen molar-refractivity contribution < 1.29 is 27.1 Å². The summed E-state index contributed by atoms with van der Waals surface area (Å²) >= 11 is 0. The summed E-state index contributed by atoms with van der Waals surface area (Å²) in [5, 5.41) is 3.65. The largest absolute Gasteiger partial charge is 0.434 e. The Morgan fingerprint density at radius 3 is 2.38 bits per heavy atom. The van der Waals surface area contributed by atoms with Crippen LogP contribution in [0.4, 0.5) is 17.6 Å². The van der Waals surface area contributed by atoms with Crippen molar-refractivity contribution in [3.8, 4) is 5.69 Å². The highest BCUT2D eigenvalue weighted by atomic mass is 19.4. The number of aromatic nitrogens is 2. The Labute approximate surface area is 147 Å². The summed E-state index contributed by atoms with van der Waals surface area (Å²) < 4.78 is 60.9. The number of ether oxygens (including phenoxy) is 1. The van der Waals surface area contributed by atoms with Gasteiger partial charge in [0.15, 0.2) is 5.69 Å². The van der Waals surface area contributed by atoms with Crippen molar-refractivity contribution in [2.75, 3.05) is 13.1 Å². The molecule has 0 aliphatic carbocycles. The average Bonchev–Trinajstić information content (AvgIpc) is 2.98. The van der Waals surface area contributed by atoms with Crippen molar-refractivity contribution in [2.45, 2.75) is 32.2 Å². The first kappa shape index (κ1) is 18.4. The van der Waals surface area contributed by atoms with E-state index in [1.54, 1.807) is 13.8 Å². The van der Waals surface area contributed by atoms with Gasteiger partial charge in [0.1, 0.15) is 11.5 Å². The van der Waals surface area contributed by atoms with Crippen molar-refractivity contribution in [3.63, 3.8) is 0 Å². The lowest BCUT2D eigenvalue weighted by atomic mass is 10.1. The predicted molar refractivity (Wildman–Crippen MR) is 84.4 cm³/mol. The Morgan fingerprint density at radius 2 is 1.81 bits per heavy atom. The summed E-state index contributed by atoms with van der Waals surface area (Å²) in [7, 11) is 0. The topological polar surface area (TPSA) is 47.4 Å². The molecule has 0 radical (unpaired) electrons. The molecule has 5 nitrogen and oxygen atoms in total. The lowest BCUT2D eigenvalue weighted by Crippen LogP contribution is -2.48. The first-order valence-electron chi connectivity index (χ1n) is 8.03. The Kier molecular flexibility index (Phi) is 4.74. The fourth-order valence-electron chi connectivity index (χ4n) is 3.10. The van der Waals surface area contributed by atoms with Crippen LogP contribution >= 0.6 is 0 Å². The summed E-state index contributed by atoms with van der Waals surface area (Å²) in [5.41, 5.74) is -2.27. The second kappa shape index (κ2) is 6.71. The van der Waals surface area contributed by atoms with Crippen molar-refractivity contribution in [1.82, 2.24) is 14.7 Å². The van der Waals surface area contributed by atoms with Crippen molar-refractivity contribution in [2.24, 2.45) is 0 Å². The second-order valence-electron chi connectivity index (χ2n) is 6.24. The van der Waals surface area contributed by atoms with Crippen LogP contribution in [-0.2, 0) is 10.9 Å². The molecular weight excluding hydrogens is 354 g/mol. The van der Waals surface area contributed by atoms with Gasteiger partial charge in [0.05, 0.1) is 24.0 Å². The minimum atomic E-state index is -4.88. The van der Waals surface area contributed by atoms with E-state index in [1.165, 1.54) is 23.1 Å². The molecule has 0 unspecified atom stereocenters. The zero-order chi connectivity index (χ0) is 19.1. The van der Waals surface area contributed by atoms with Crippen molar-refractivity contribution in [3.05, 3.63) is 47.5 Å². The third-order valence-electron chi connectivity index (χ3n) is 4.06. The zero-order valence-electron chi connectivity index (χ0n) is 14.1. The molecule has 0 spiro atoms. The van der Waals surface area contributed by atoms with E-state index in [2.05, 4.69) is 5.10 Å². The molecule has 9 heteroatoms. The zero-order valence-corrected chi connectivity index (χ0v) is 14.1. The molecule has 2 aromatic rings. The first-order chi connectivity index (χ1) is 12.2. The lowest BCUT2D eigenvalue weighted by molar-refractivity contribution is -0.143. The van der Waals surface area contributed by atoms with E-state index in [0.717, 1.165) is 12.3 Å². The number of benzene rings is 1. The molecule has 1 aromatic carbocycles. The second-order valence-corrected chi connectivity index (χ2v) is 6.24. The number of carbonyl (C=O) groups is 1. The molecule has 2 heterocycles. The number of rotatable bonds is 2. The molecule has 0 saturated carbocycles. The molecule has 1 aromatic heterocycles. The number of halogens is 4. The third kappa shape index (κ3) is 3.44. The van der Waals surface area contributed by atoms with Gasteiger partial charge in [-0.1, -0.05) is 12.1 Å². The van der Waals surface area contributed by atoms with Gasteiger partial charge < -0.3 is 9.64 Å². The highest BCUT2D eigenvalue weighted by Gasteiger charge is 2.42. The highest BCUT2D eigenvalue weighted by molar-refractivity contribution is 5.95. The van der Waals surface area contributed by atoms with Gasteiger partial charge in [0.2, 0.25) is 0 Å². The standard InChI is InChI=1S/C17H17F4N3O2/c1-10-8-23(9-11(2)26-10)16(25)12-7-22-24(15(12)17(19,20)21)14-6-4-3-5-13(14)18/h3-7,10-11H,8-9H2,1-2H3/t10-,11-/m0/s1. The monoisotopic (exact) mass is 371 g/mol. The Balaban J connectivity index is 2.06. The van der Waals surface area contributed by atoms with Crippen LogP contribution in [0.1, 0.15) is 29.9 Å². The van der Waals surface area contributed by atoms with Crippen LogP contribution < -0.4 is 0 Å². The molecule has 140 valence electrons. The Bertz CT molecular complexity index is 809. The molecular formula is C17H17F4N3O2. The number of alkyl halides is 3. The molecule has 1 saturated heterocycles. The maximum atomic E-state index is 14.0. The summed E-state index contributed by atoms with van der Waals surface area (Å²) in [6.07, 6.45) is -4.63. The van der Waals surface area contributed by atoms with Crippen LogP contribution in [0, 0.1) is 5.82 Å². The number of hydrogen-bond acceptors (Lipinski definition) is 3. The molecule has 1 aliphatic heterocycles.